The van der Waals surface area contributed by atoms with E-state index in [0.717, 1.165) is 0 Å². The number of H-pyrrole nitrogens is 2. The third-order valence-electron chi connectivity index (χ3n) is 2.62. The molecule has 0 saturated heterocycles. The van der Waals surface area contributed by atoms with Gasteiger partial charge in [0.05, 0.1) is 0 Å². The van der Waals surface area contributed by atoms with Gasteiger partial charge in [0, 0.05) is 19.6 Å². The molecule has 104 valence electrons. The summed E-state index contributed by atoms with van der Waals surface area (Å²) in [4.78, 5) is 32.9. The molecule has 19 heavy (non-hydrogen) atoms. The van der Waals surface area contributed by atoms with Crippen molar-refractivity contribution in [2.75, 3.05) is 18.4 Å². The molecule has 8 nitrogen and oxygen atoms in total. The summed E-state index contributed by atoms with van der Waals surface area (Å²) < 4.78 is 1.46. The van der Waals surface area contributed by atoms with Crippen LogP contribution in [0, 0.1) is 5.92 Å². The van der Waals surface area contributed by atoms with E-state index in [4.69, 9.17) is 5.73 Å². The fraction of sp³-hybridized carbons (Fsp3) is 0.545. The number of fused-ring (bicyclic) bond motifs is 1. The van der Waals surface area contributed by atoms with E-state index in [0.29, 0.717) is 36.7 Å². The first kappa shape index (κ1) is 13.3. The Morgan fingerprint density at radius 1 is 1.37 bits per heavy atom. The second-order valence-corrected chi connectivity index (χ2v) is 4.76. The maximum absolute atomic E-state index is 11.8. The number of aromatic amines is 2. The van der Waals surface area contributed by atoms with Gasteiger partial charge in [-0.15, -0.1) is 0 Å². The molecular weight excluding hydrogens is 248 g/mol. The zero-order valence-corrected chi connectivity index (χ0v) is 11.0. The quantitative estimate of drug-likeness (QED) is 0.578. The van der Waals surface area contributed by atoms with Crippen molar-refractivity contribution in [3.05, 3.63) is 20.8 Å². The highest BCUT2D eigenvalue weighted by Crippen LogP contribution is 2.09. The van der Waals surface area contributed by atoms with E-state index in [9.17, 15) is 9.59 Å². The standard InChI is InChI=1S/C11H18N6O2/c1-6(2)5-17-8-7(9(18)16-11(17)19)14-10(15-8)13-4-3-12/h6H,3-5,12H2,1-2H3,(H2,13,14,15)(H,16,18,19). The molecule has 0 aromatic carbocycles. The summed E-state index contributed by atoms with van der Waals surface area (Å²) in [5.74, 6) is 0.706. The van der Waals surface area contributed by atoms with Gasteiger partial charge in [0.25, 0.3) is 5.56 Å². The number of nitrogens with two attached hydrogens (primary N) is 1. The average molecular weight is 266 g/mol. The molecule has 2 rings (SSSR count). The van der Waals surface area contributed by atoms with Crippen molar-refractivity contribution in [1.82, 2.24) is 19.5 Å². The van der Waals surface area contributed by atoms with Gasteiger partial charge in [-0.3, -0.25) is 14.3 Å². The van der Waals surface area contributed by atoms with Crippen LogP contribution in [-0.4, -0.2) is 32.6 Å². The Balaban J connectivity index is 2.57. The van der Waals surface area contributed by atoms with Gasteiger partial charge in [-0.25, -0.2) is 4.79 Å². The molecule has 2 aromatic heterocycles. The highest BCUT2D eigenvalue weighted by atomic mass is 16.2. The molecule has 0 unspecified atom stereocenters. The number of anilines is 1. The van der Waals surface area contributed by atoms with E-state index in [1.165, 1.54) is 4.57 Å². The molecule has 0 amide bonds. The number of nitrogens with zero attached hydrogens (tertiary/aromatic N) is 2. The van der Waals surface area contributed by atoms with Gasteiger partial charge in [0.15, 0.2) is 11.2 Å². The first-order chi connectivity index (χ1) is 9.02. The van der Waals surface area contributed by atoms with Gasteiger partial charge in [0.1, 0.15) is 0 Å². The van der Waals surface area contributed by atoms with Gasteiger partial charge in [0.2, 0.25) is 5.95 Å². The van der Waals surface area contributed by atoms with Crippen molar-refractivity contribution in [3.63, 3.8) is 0 Å². The smallest absolute Gasteiger partial charge is 0.330 e. The Morgan fingerprint density at radius 2 is 2.11 bits per heavy atom. The predicted molar refractivity (Wildman–Crippen MR) is 73.4 cm³/mol. The molecule has 0 saturated carbocycles. The van der Waals surface area contributed by atoms with Gasteiger partial charge in [-0.05, 0) is 5.92 Å². The molecule has 0 atom stereocenters. The lowest BCUT2D eigenvalue weighted by atomic mass is 10.2. The molecule has 0 bridgehead atoms. The van der Waals surface area contributed by atoms with Crippen LogP contribution in [-0.2, 0) is 6.54 Å². The summed E-state index contributed by atoms with van der Waals surface area (Å²) in [5, 5.41) is 2.95. The number of hydrogen-bond acceptors (Lipinski definition) is 5. The minimum Gasteiger partial charge on any atom is -0.354 e. The number of hydrogen-bond donors (Lipinski definition) is 4. The topological polar surface area (TPSA) is 122 Å². The average Bonchev–Trinajstić information content (AvgIpc) is 2.76. The van der Waals surface area contributed by atoms with Crippen molar-refractivity contribution in [3.8, 4) is 0 Å². The van der Waals surface area contributed by atoms with Gasteiger partial charge in [-0.1, -0.05) is 13.8 Å². The number of aromatic nitrogens is 4. The largest absolute Gasteiger partial charge is 0.354 e. The van der Waals surface area contributed by atoms with Crippen LogP contribution in [0.5, 0.6) is 0 Å². The van der Waals surface area contributed by atoms with E-state index >= 15 is 0 Å². The summed E-state index contributed by atoms with van der Waals surface area (Å²) in [7, 11) is 0. The maximum Gasteiger partial charge on any atom is 0.330 e. The number of nitrogens with one attached hydrogen (secondary N) is 3. The van der Waals surface area contributed by atoms with Crippen molar-refractivity contribution in [1.29, 1.82) is 0 Å². The summed E-state index contributed by atoms with van der Waals surface area (Å²) in [6.07, 6.45) is 0. The number of rotatable bonds is 5. The minimum atomic E-state index is -0.465. The van der Waals surface area contributed by atoms with E-state index < -0.39 is 11.2 Å². The fourth-order valence-corrected chi connectivity index (χ4v) is 1.85. The first-order valence-electron chi connectivity index (χ1n) is 6.19. The molecule has 2 heterocycles. The Labute approximate surface area is 109 Å². The van der Waals surface area contributed by atoms with Crippen LogP contribution < -0.4 is 22.3 Å². The van der Waals surface area contributed by atoms with Crippen LogP contribution in [0.3, 0.4) is 0 Å². The van der Waals surface area contributed by atoms with E-state index in [-0.39, 0.29) is 5.92 Å². The summed E-state index contributed by atoms with van der Waals surface area (Å²) in [6, 6.07) is 0. The normalized spacial score (nSPS) is 11.4. The summed E-state index contributed by atoms with van der Waals surface area (Å²) in [6.45, 7) is 5.46. The van der Waals surface area contributed by atoms with Crippen molar-refractivity contribution in [2.45, 2.75) is 20.4 Å². The molecule has 0 fully saturated rings. The lowest BCUT2D eigenvalue weighted by Crippen LogP contribution is -2.31. The van der Waals surface area contributed by atoms with E-state index in [2.05, 4.69) is 20.3 Å². The van der Waals surface area contributed by atoms with Gasteiger partial charge < -0.3 is 16.0 Å². The Bertz CT molecular complexity index is 681. The molecule has 0 aliphatic rings. The van der Waals surface area contributed by atoms with E-state index in [1.54, 1.807) is 0 Å². The third kappa shape index (κ3) is 2.68. The van der Waals surface area contributed by atoms with Gasteiger partial charge in [-0.2, -0.15) is 4.98 Å². The Kier molecular flexibility index (Phi) is 3.70. The molecule has 8 heteroatoms. The summed E-state index contributed by atoms with van der Waals surface area (Å²) in [5.41, 5.74) is 5.14. The molecule has 0 aliphatic carbocycles. The number of imidazole rings is 1. The molecule has 2 aromatic rings. The highest BCUT2D eigenvalue weighted by Gasteiger charge is 2.13. The summed E-state index contributed by atoms with van der Waals surface area (Å²) >= 11 is 0. The molecule has 5 N–H and O–H groups in total. The lowest BCUT2D eigenvalue weighted by Gasteiger charge is -2.07. The first-order valence-corrected chi connectivity index (χ1v) is 6.19. The molecule has 0 aliphatic heterocycles. The second-order valence-electron chi connectivity index (χ2n) is 4.76. The van der Waals surface area contributed by atoms with Crippen LogP contribution >= 0.6 is 0 Å². The zero-order chi connectivity index (χ0) is 14.0. The van der Waals surface area contributed by atoms with Crippen LogP contribution in [0.15, 0.2) is 9.59 Å². The Morgan fingerprint density at radius 3 is 2.74 bits per heavy atom. The van der Waals surface area contributed by atoms with Crippen LogP contribution in [0.1, 0.15) is 13.8 Å². The van der Waals surface area contributed by atoms with Crippen molar-refractivity contribution < 1.29 is 0 Å². The van der Waals surface area contributed by atoms with Gasteiger partial charge >= 0.3 is 5.69 Å². The maximum atomic E-state index is 11.8. The second kappa shape index (κ2) is 5.27. The molecule has 0 radical (unpaired) electrons. The molecular formula is C11H18N6O2. The zero-order valence-electron chi connectivity index (χ0n) is 11.0. The fourth-order valence-electron chi connectivity index (χ4n) is 1.85. The monoisotopic (exact) mass is 266 g/mol. The third-order valence-corrected chi connectivity index (χ3v) is 2.62. The van der Waals surface area contributed by atoms with Crippen LogP contribution in [0.2, 0.25) is 0 Å². The van der Waals surface area contributed by atoms with Crippen LogP contribution in [0.4, 0.5) is 5.95 Å². The van der Waals surface area contributed by atoms with E-state index in [1.807, 2.05) is 13.8 Å². The predicted octanol–water partition coefficient (Wildman–Crippen LogP) is -0.560. The molecule has 0 spiro atoms. The lowest BCUT2D eigenvalue weighted by molar-refractivity contribution is 0.513. The Hall–Kier alpha value is -2.09. The van der Waals surface area contributed by atoms with Crippen molar-refractivity contribution in [2.24, 2.45) is 11.7 Å². The minimum absolute atomic E-state index is 0.268. The van der Waals surface area contributed by atoms with Crippen LogP contribution in [0.25, 0.3) is 11.2 Å². The highest BCUT2D eigenvalue weighted by molar-refractivity contribution is 5.72. The van der Waals surface area contributed by atoms with Crippen molar-refractivity contribution >= 4 is 17.1 Å². The SMILES string of the molecule is CC(C)Cn1c(=O)[nH]c(=O)c2[nH]c(NCCN)nc21.